The van der Waals surface area contributed by atoms with Crippen molar-refractivity contribution in [2.45, 2.75) is 24.4 Å². The van der Waals surface area contributed by atoms with E-state index in [1.807, 2.05) is 36.0 Å². The minimum absolute atomic E-state index is 0.170. The van der Waals surface area contributed by atoms with Crippen molar-refractivity contribution in [3.05, 3.63) is 64.7 Å². The Morgan fingerprint density at radius 1 is 1.15 bits per heavy atom. The molecule has 4 rings (SSSR count). The Bertz CT molecular complexity index is 1060. The summed E-state index contributed by atoms with van der Waals surface area (Å²) in [7, 11) is 0. The van der Waals surface area contributed by atoms with Crippen molar-refractivity contribution in [3.63, 3.8) is 0 Å². The van der Waals surface area contributed by atoms with Crippen molar-refractivity contribution < 1.29 is 4.79 Å². The van der Waals surface area contributed by atoms with E-state index in [4.69, 9.17) is 10.7 Å². The summed E-state index contributed by atoms with van der Waals surface area (Å²) in [5, 5.41) is 0.495. The third kappa shape index (κ3) is 3.55. The van der Waals surface area contributed by atoms with Gasteiger partial charge in [0.15, 0.2) is 0 Å². The Morgan fingerprint density at radius 2 is 1.93 bits per heavy atom. The second-order valence-corrected chi connectivity index (χ2v) is 7.63. The van der Waals surface area contributed by atoms with Crippen LogP contribution in [-0.4, -0.2) is 27.8 Å². The highest BCUT2D eigenvalue weighted by molar-refractivity contribution is 7.99. The van der Waals surface area contributed by atoms with Crippen molar-refractivity contribution in [1.29, 1.82) is 0 Å². The number of hydrogen-bond donors (Lipinski definition) is 1. The van der Waals surface area contributed by atoms with E-state index in [0.717, 1.165) is 24.4 Å². The lowest BCUT2D eigenvalue weighted by atomic mass is 10.2. The number of nitrogens with zero attached hydrogens (tertiary/aromatic N) is 3. The van der Waals surface area contributed by atoms with Crippen LogP contribution in [0.1, 0.15) is 12.2 Å². The molecule has 2 heterocycles. The van der Waals surface area contributed by atoms with Crippen molar-refractivity contribution in [2.75, 3.05) is 17.2 Å². The minimum Gasteiger partial charge on any atom is -0.368 e. The molecule has 2 N–H and O–H groups in total. The Kier molecular flexibility index (Phi) is 4.85. The van der Waals surface area contributed by atoms with Crippen LogP contribution < -0.4 is 16.2 Å². The van der Waals surface area contributed by atoms with Gasteiger partial charge in [0.25, 0.3) is 5.56 Å². The maximum Gasteiger partial charge on any atom is 0.261 e. The van der Waals surface area contributed by atoms with Gasteiger partial charge in [0.2, 0.25) is 5.91 Å². The number of nitrogens with two attached hydrogens (primary N) is 1. The summed E-state index contributed by atoms with van der Waals surface area (Å²) < 4.78 is 1.41. The van der Waals surface area contributed by atoms with Crippen LogP contribution in [0.25, 0.3) is 10.9 Å². The SMILES string of the molecule is NC(=O)Cn1c(CN2CCCSc3ccccc32)nc2ccccc2c1=O. The molecule has 27 heavy (non-hydrogen) atoms. The van der Waals surface area contributed by atoms with Crippen molar-refractivity contribution >= 4 is 34.3 Å². The van der Waals surface area contributed by atoms with Crippen molar-refractivity contribution in [3.8, 4) is 0 Å². The van der Waals surface area contributed by atoms with E-state index in [-0.39, 0.29) is 12.1 Å². The summed E-state index contributed by atoms with van der Waals surface area (Å²) in [5.74, 6) is 1.05. The first-order chi connectivity index (χ1) is 13.1. The normalized spacial score (nSPS) is 14.0. The standard InChI is InChI=1S/C20H20N4O2S/c21-18(25)12-24-19(22-15-7-2-1-6-14(15)20(24)26)13-23-10-5-11-27-17-9-4-3-8-16(17)23/h1-4,6-9H,5,10-13H2,(H2,21,25). The van der Waals surface area contributed by atoms with Gasteiger partial charge in [0, 0.05) is 11.4 Å². The highest BCUT2D eigenvalue weighted by Gasteiger charge is 2.19. The smallest absolute Gasteiger partial charge is 0.261 e. The van der Waals surface area contributed by atoms with Gasteiger partial charge in [-0.25, -0.2) is 4.98 Å². The van der Waals surface area contributed by atoms with Gasteiger partial charge in [-0.2, -0.15) is 0 Å². The number of aromatic nitrogens is 2. The van der Waals surface area contributed by atoms with Gasteiger partial charge in [0.05, 0.1) is 23.1 Å². The molecule has 1 amide bonds. The number of benzene rings is 2. The topological polar surface area (TPSA) is 81.2 Å². The predicted molar refractivity (Wildman–Crippen MR) is 108 cm³/mol. The molecule has 2 aromatic carbocycles. The van der Waals surface area contributed by atoms with Crippen LogP contribution in [0.4, 0.5) is 5.69 Å². The first-order valence-electron chi connectivity index (χ1n) is 8.87. The number of thioether (sulfide) groups is 1. The molecular weight excluding hydrogens is 360 g/mol. The fourth-order valence-electron chi connectivity index (χ4n) is 3.39. The van der Waals surface area contributed by atoms with E-state index in [1.165, 1.54) is 9.46 Å². The number of amides is 1. The number of hydrogen-bond acceptors (Lipinski definition) is 5. The lowest BCUT2D eigenvalue weighted by Gasteiger charge is -2.25. The molecule has 138 valence electrons. The molecule has 0 saturated heterocycles. The number of para-hydroxylation sites is 2. The Morgan fingerprint density at radius 3 is 2.78 bits per heavy atom. The maximum atomic E-state index is 12.9. The average Bonchev–Trinajstić information content (AvgIpc) is 2.87. The molecular formula is C20H20N4O2S. The van der Waals surface area contributed by atoms with Crippen molar-refractivity contribution in [2.24, 2.45) is 5.73 Å². The molecule has 7 heteroatoms. The first-order valence-corrected chi connectivity index (χ1v) is 9.85. The zero-order chi connectivity index (χ0) is 18.8. The fraction of sp³-hybridized carbons (Fsp3) is 0.250. The van der Waals surface area contributed by atoms with E-state index in [0.29, 0.717) is 23.3 Å². The second kappa shape index (κ2) is 7.44. The number of anilines is 1. The monoisotopic (exact) mass is 380 g/mol. The number of carbonyl (C=O) groups excluding carboxylic acids is 1. The van der Waals surface area contributed by atoms with Crippen LogP contribution in [0, 0.1) is 0 Å². The van der Waals surface area contributed by atoms with Gasteiger partial charge in [-0.3, -0.25) is 14.2 Å². The third-order valence-corrected chi connectivity index (χ3v) is 5.77. The van der Waals surface area contributed by atoms with E-state index in [9.17, 15) is 9.59 Å². The molecule has 1 aliphatic rings. The fourth-order valence-corrected chi connectivity index (χ4v) is 4.40. The van der Waals surface area contributed by atoms with E-state index in [1.54, 1.807) is 12.1 Å². The van der Waals surface area contributed by atoms with E-state index >= 15 is 0 Å². The van der Waals surface area contributed by atoms with Crippen LogP contribution in [0.3, 0.4) is 0 Å². The van der Waals surface area contributed by atoms with Gasteiger partial charge in [-0.15, -0.1) is 11.8 Å². The molecule has 3 aromatic rings. The van der Waals surface area contributed by atoms with Crippen LogP contribution in [-0.2, 0) is 17.9 Å². The highest BCUT2D eigenvalue weighted by Crippen LogP contribution is 2.34. The molecule has 0 radical (unpaired) electrons. The third-order valence-electron chi connectivity index (χ3n) is 4.62. The van der Waals surface area contributed by atoms with E-state index < -0.39 is 5.91 Å². The predicted octanol–water partition coefficient (Wildman–Crippen LogP) is 2.38. The molecule has 0 unspecified atom stereocenters. The van der Waals surface area contributed by atoms with Crippen LogP contribution in [0.2, 0.25) is 0 Å². The summed E-state index contributed by atoms with van der Waals surface area (Å²) in [6.07, 6.45) is 1.03. The van der Waals surface area contributed by atoms with Gasteiger partial charge < -0.3 is 10.6 Å². The minimum atomic E-state index is -0.553. The highest BCUT2D eigenvalue weighted by atomic mass is 32.2. The summed E-state index contributed by atoms with van der Waals surface area (Å²) in [5.41, 5.74) is 6.94. The number of carbonyl (C=O) groups is 1. The molecule has 0 bridgehead atoms. The molecule has 0 atom stereocenters. The lowest BCUT2D eigenvalue weighted by Crippen LogP contribution is -2.35. The summed E-state index contributed by atoms with van der Waals surface area (Å²) in [6, 6.07) is 15.4. The van der Waals surface area contributed by atoms with Gasteiger partial charge in [-0.05, 0) is 36.4 Å². The van der Waals surface area contributed by atoms with Gasteiger partial charge >= 0.3 is 0 Å². The first kappa shape index (κ1) is 17.6. The average molecular weight is 380 g/mol. The molecule has 0 aliphatic carbocycles. The molecule has 6 nitrogen and oxygen atoms in total. The van der Waals surface area contributed by atoms with Gasteiger partial charge in [0.1, 0.15) is 12.4 Å². The van der Waals surface area contributed by atoms with Crippen LogP contribution >= 0.6 is 11.8 Å². The number of fused-ring (bicyclic) bond motifs is 2. The zero-order valence-electron chi connectivity index (χ0n) is 14.8. The van der Waals surface area contributed by atoms with Crippen LogP contribution in [0.15, 0.2) is 58.2 Å². The lowest BCUT2D eigenvalue weighted by molar-refractivity contribution is -0.118. The molecule has 0 fully saturated rings. The Labute approximate surface area is 161 Å². The van der Waals surface area contributed by atoms with Gasteiger partial charge in [-0.1, -0.05) is 24.3 Å². The zero-order valence-corrected chi connectivity index (χ0v) is 15.6. The Hall–Kier alpha value is -2.80. The van der Waals surface area contributed by atoms with Crippen LogP contribution in [0.5, 0.6) is 0 Å². The Balaban J connectivity index is 1.81. The molecule has 0 spiro atoms. The number of rotatable bonds is 4. The number of primary amides is 1. The molecule has 1 aromatic heterocycles. The summed E-state index contributed by atoms with van der Waals surface area (Å²) >= 11 is 1.84. The maximum absolute atomic E-state index is 12.9. The summed E-state index contributed by atoms with van der Waals surface area (Å²) in [4.78, 5) is 32.6. The van der Waals surface area contributed by atoms with E-state index in [2.05, 4.69) is 17.0 Å². The van der Waals surface area contributed by atoms with Crippen molar-refractivity contribution in [1.82, 2.24) is 9.55 Å². The quantitative estimate of drug-likeness (QED) is 0.752. The molecule has 1 aliphatic heterocycles. The molecule has 0 saturated carbocycles. The largest absolute Gasteiger partial charge is 0.368 e. The summed E-state index contributed by atoms with van der Waals surface area (Å²) in [6.45, 7) is 1.14. The second-order valence-electron chi connectivity index (χ2n) is 6.49.